The topological polar surface area (TPSA) is 70.4 Å². The van der Waals surface area contributed by atoms with Gasteiger partial charge in [-0.25, -0.2) is 9.48 Å². The minimum atomic E-state index is -0.671. The van der Waals surface area contributed by atoms with Crippen LogP contribution in [0.15, 0.2) is 65.5 Å². The highest BCUT2D eigenvalue weighted by Gasteiger charge is 2.17. The van der Waals surface area contributed by atoms with Gasteiger partial charge in [-0.05, 0) is 55.0 Å². The van der Waals surface area contributed by atoms with Crippen molar-refractivity contribution in [2.75, 3.05) is 13.7 Å². The number of carbonyl (C=O) groups is 1. The summed E-state index contributed by atoms with van der Waals surface area (Å²) in [4.78, 5) is 25.1. The zero-order valence-corrected chi connectivity index (χ0v) is 17.4. The molecule has 0 aliphatic heterocycles. The third-order valence-corrected chi connectivity index (χ3v) is 4.57. The number of aromatic nitrogens is 2. The number of methoxy groups -OCH3 is 1. The lowest BCUT2D eigenvalue weighted by Crippen LogP contribution is -2.29. The molecule has 0 aliphatic rings. The molecular weight excluding hydrogens is 404 g/mol. The van der Waals surface area contributed by atoms with Crippen LogP contribution < -0.4 is 10.3 Å². The molecule has 1 heterocycles. The van der Waals surface area contributed by atoms with Crippen molar-refractivity contribution in [1.82, 2.24) is 9.78 Å². The van der Waals surface area contributed by atoms with E-state index in [2.05, 4.69) is 5.10 Å². The lowest BCUT2D eigenvalue weighted by molar-refractivity contribution is 0.0523. The standard InChI is InChI=1S/C23H21ClN2O4/c1-3-30-23(28)20-15-21(17-8-12-19(29-2)13-9-17)25-26(22(20)27)14-4-5-16-6-10-18(24)11-7-16/h4-13,15H,3,14H2,1-2H3. The Labute approximate surface area is 179 Å². The van der Waals surface area contributed by atoms with Gasteiger partial charge in [0.1, 0.15) is 11.3 Å². The molecule has 0 bridgehead atoms. The van der Waals surface area contributed by atoms with Crippen LogP contribution in [0, 0.1) is 0 Å². The van der Waals surface area contributed by atoms with E-state index in [1.807, 2.05) is 30.3 Å². The van der Waals surface area contributed by atoms with E-state index in [0.29, 0.717) is 16.5 Å². The number of carbonyl (C=O) groups excluding carboxylic acids is 1. The largest absolute Gasteiger partial charge is 0.497 e. The van der Waals surface area contributed by atoms with Gasteiger partial charge in [0.25, 0.3) is 5.56 Å². The average Bonchev–Trinajstić information content (AvgIpc) is 2.76. The van der Waals surface area contributed by atoms with E-state index in [1.54, 1.807) is 44.4 Å². The Morgan fingerprint density at radius 3 is 2.47 bits per heavy atom. The minimum absolute atomic E-state index is 0.0578. The number of halogens is 1. The van der Waals surface area contributed by atoms with Gasteiger partial charge >= 0.3 is 5.97 Å². The van der Waals surface area contributed by atoms with Crippen LogP contribution in [-0.2, 0) is 11.3 Å². The summed E-state index contributed by atoms with van der Waals surface area (Å²) in [7, 11) is 1.58. The lowest BCUT2D eigenvalue weighted by Gasteiger charge is -2.10. The molecule has 0 amide bonds. The van der Waals surface area contributed by atoms with Crippen LogP contribution in [0.4, 0.5) is 0 Å². The van der Waals surface area contributed by atoms with Gasteiger partial charge in [0.15, 0.2) is 0 Å². The Kier molecular flexibility index (Phi) is 7.03. The molecule has 0 N–H and O–H groups in total. The van der Waals surface area contributed by atoms with Gasteiger partial charge in [-0.1, -0.05) is 35.9 Å². The SMILES string of the molecule is CCOC(=O)c1cc(-c2ccc(OC)cc2)nn(CC=Cc2ccc(Cl)cc2)c1=O. The van der Waals surface area contributed by atoms with Crippen LogP contribution in [-0.4, -0.2) is 29.5 Å². The molecule has 0 spiro atoms. The normalized spacial score (nSPS) is 10.9. The van der Waals surface area contributed by atoms with Gasteiger partial charge in [0, 0.05) is 10.6 Å². The van der Waals surface area contributed by atoms with Crippen molar-refractivity contribution >= 4 is 23.6 Å². The molecule has 1 aromatic heterocycles. The highest BCUT2D eigenvalue weighted by molar-refractivity contribution is 6.30. The Bertz CT molecular complexity index is 1100. The third-order valence-electron chi connectivity index (χ3n) is 4.31. The van der Waals surface area contributed by atoms with Crippen LogP contribution in [0.25, 0.3) is 17.3 Å². The van der Waals surface area contributed by atoms with Crippen molar-refractivity contribution in [3.05, 3.63) is 87.2 Å². The molecule has 3 rings (SSSR count). The van der Waals surface area contributed by atoms with E-state index in [4.69, 9.17) is 21.1 Å². The predicted octanol–water partition coefficient (Wildman–Crippen LogP) is 4.46. The zero-order chi connectivity index (χ0) is 21.5. The minimum Gasteiger partial charge on any atom is -0.497 e. The molecule has 0 unspecified atom stereocenters. The van der Waals surface area contributed by atoms with E-state index in [-0.39, 0.29) is 18.7 Å². The van der Waals surface area contributed by atoms with Crippen molar-refractivity contribution in [3.63, 3.8) is 0 Å². The van der Waals surface area contributed by atoms with Gasteiger partial charge in [0.2, 0.25) is 0 Å². The number of nitrogens with zero attached hydrogens (tertiary/aromatic N) is 2. The lowest BCUT2D eigenvalue weighted by atomic mass is 10.1. The first-order chi connectivity index (χ1) is 14.5. The molecule has 6 nitrogen and oxygen atoms in total. The Hall–Kier alpha value is -3.38. The summed E-state index contributed by atoms with van der Waals surface area (Å²) in [5.74, 6) is 0.0266. The first kappa shape index (κ1) is 21.3. The molecule has 7 heteroatoms. The number of ether oxygens (including phenoxy) is 2. The number of esters is 1. The van der Waals surface area contributed by atoms with Crippen LogP contribution in [0.2, 0.25) is 5.02 Å². The molecule has 2 aromatic carbocycles. The monoisotopic (exact) mass is 424 g/mol. The van der Waals surface area contributed by atoms with E-state index >= 15 is 0 Å². The van der Waals surface area contributed by atoms with Crippen molar-refractivity contribution in [2.45, 2.75) is 13.5 Å². The number of benzene rings is 2. The summed E-state index contributed by atoms with van der Waals surface area (Å²) in [6, 6.07) is 16.0. The van der Waals surface area contributed by atoms with E-state index < -0.39 is 11.5 Å². The maximum absolute atomic E-state index is 12.8. The Morgan fingerprint density at radius 1 is 1.13 bits per heavy atom. The van der Waals surface area contributed by atoms with E-state index in [0.717, 1.165) is 11.1 Å². The molecule has 0 aliphatic carbocycles. The van der Waals surface area contributed by atoms with Crippen molar-refractivity contribution < 1.29 is 14.3 Å². The number of hydrogen-bond acceptors (Lipinski definition) is 5. The zero-order valence-electron chi connectivity index (χ0n) is 16.7. The molecule has 30 heavy (non-hydrogen) atoms. The maximum atomic E-state index is 12.8. The summed E-state index contributed by atoms with van der Waals surface area (Å²) in [6.45, 7) is 2.06. The van der Waals surface area contributed by atoms with Crippen molar-refractivity contribution in [3.8, 4) is 17.0 Å². The molecule has 0 saturated heterocycles. The quantitative estimate of drug-likeness (QED) is 0.523. The second kappa shape index (κ2) is 9.89. The fourth-order valence-electron chi connectivity index (χ4n) is 2.79. The number of hydrogen-bond donors (Lipinski definition) is 0. The molecular formula is C23H21ClN2O4. The van der Waals surface area contributed by atoms with Crippen LogP contribution in [0.1, 0.15) is 22.8 Å². The second-order valence-corrected chi connectivity index (χ2v) is 6.77. The summed E-state index contributed by atoms with van der Waals surface area (Å²) in [6.07, 6.45) is 3.65. The average molecular weight is 425 g/mol. The van der Waals surface area contributed by atoms with Gasteiger partial charge in [-0.3, -0.25) is 4.79 Å². The molecule has 0 atom stereocenters. The fourth-order valence-corrected chi connectivity index (χ4v) is 2.91. The number of allylic oxidation sites excluding steroid dienone is 1. The highest BCUT2D eigenvalue weighted by atomic mass is 35.5. The van der Waals surface area contributed by atoms with Crippen molar-refractivity contribution in [2.24, 2.45) is 0 Å². The summed E-state index contributed by atoms with van der Waals surface area (Å²) in [5, 5.41) is 5.08. The Balaban J connectivity index is 1.97. The summed E-state index contributed by atoms with van der Waals surface area (Å²) in [5.41, 5.74) is 1.60. The first-order valence-corrected chi connectivity index (χ1v) is 9.75. The van der Waals surface area contributed by atoms with Crippen LogP contribution in [0.3, 0.4) is 0 Å². The van der Waals surface area contributed by atoms with Crippen LogP contribution in [0.5, 0.6) is 5.75 Å². The molecule has 3 aromatic rings. The predicted molar refractivity (Wildman–Crippen MR) is 117 cm³/mol. The second-order valence-electron chi connectivity index (χ2n) is 6.33. The van der Waals surface area contributed by atoms with Gasteiger partial charge in [0.05, 0.1) is 26.0 Å². The first-order valence-electron chi connectivity index (χ1n) is 9.37. The smallest absolute Gasteiger partial charge is 0.343 e. The molecule has 0 radical (unpaired) electrons. The van der Waals surface area contributed by atoms with Crippen LogP contribution >= 0.6 is 11.6 Å². The van der Waals surface area contributed by atoms with E-state index in [1.165, 1.54) is 10.7 Å². The molecule has 0 saturated carbocycles. The summed E-state index contributed by atoms with van der Waals surface area (Å²) < 4.78 is 11.5. The van der Waals surface area contributed by atoms with Crippen molar-refractivity contribution in [1.29, 1.82) is 0 Å². The fraction of sp³-hybridized carbons (Fsp3) is 0.174. The highest BCUT2D eigenvalue weighted by Crippen LogP contribution is 2.21. The van der Waals surface area contributed by atoms with Gasteiger partial charge in [-0.15, -0.1) is 0 Å². The molecule has 154 valence electrons. The van der Waals surface area contributed by atoms with Gasteiger partial charge < -0.3 is 9.47 Å². The van der Waals surface area contributed by atoms with E-state index in [9.17, 15) is 9.59 Å². The third kappa shape index (κ3) is 5.15. The van der Waals surface area contributed by atoms with Gasteiger partial charge in [-0.2, -0.15) is 5.10 Å². The Morgan fingerprint density at radius 2 is 1.83 bits per heavy atom. The summed E-state index contributed by atoms with van der Waals surface area (Å²) >= 11 is 5.90. The molecule has 0 fully saturated rings. The maximum Gasteiger partial charge on any atom is 0.343 e. The number of rotatable bonds is 7.